The van der Waals surface area contributed by atoms with Crippen LogP contribution >= 0.6 is 11.6 Å². The van der Waals surface area contributed by atoms with E-state index >= 15 is 0 Å². The van der Waals surface area contributed by atoms with E-state index in [4.69, 9.17) is 11.6 Å². The molecule has 0 bridgehead atoms. The quantitative estimate of drug-likeness (QED) is 0.626. The predicted molar refractivity (Wildman–Crippen MR) is 81.5 cm³/mol. The molecule has 0 amide bonds. The molecular weight excluding hydrogens is 273 g/mol. The molecule has 100 valence electrons. The second-order valence-corrected chi connectivity index (χ2v) is 5.01. The zero-order chi connectivity index (χ0) is 14.1. The number of aryl methyl sites for hydroxylation is 1. The summed E-state index contributed by atoms with van der Waals surface area (Å²) in [5.74, 6) is -0.301. The van der Waals surface area contributed by atoms with Crippen molar-refractivity contribution in [2.45, 2.75) is 13.3 Å². The van der Waals surface area contributed by atoms with Crippen molar-refractivity contribution in [2.75, 3.05) is 0 Å². The minimum atomic E-state index is -0.301. The van der Waals surface area contributed by atoms with Crippen LogP contribution in [0.25, 0.3) is 22.0 Å². The molecule has 0 unspecified atom stereocenters. The van der Waals surface area contributed by atoms with Crippen LogP contribution in [0.2, 0.25) is 5.02 Å². The minimum Gasteiger partial charge on any atom is -0.252 e. The van der Waals surface area contributed by atoms with Crippen LogP contribution in [0.5, 0.6) is 0 Å². The summed E-state index contributed by atoms with van der Waals surface area (Å²) in [6, 6.07) is 14.4. The Labute approximate surface area is 122 Å². The monoisotopic (exact) mass is 285 g/mol. The first kappa shape index (κ1) is 13.1. The summed E-state index contributed by atoms with van der Waals surface area (Å²) in [5.41, 5.74) is 3.56. The van der Waals surface area contributed by atoms with Crippen LogP contribution in [0.15, 0.2) is 48.5 Å². The van der Waals surface area contributed by atoms with Crippen LogP contribution in [-0.4, -0.2) is 4.98 Å². The van der Waals surface area contributed by atoms with Gasteiger partial charge in [-0.15, -0.1) is 0 Å². The summed E-state index contributed by atoms with van der Waals surface area (Å²) >= 11 is 6.53. The summed E-state index contributed by atoms with van der Waals surface area (Å²) in [7, 11) is 0. The molecule has 0 fully saturated rings. The molecule has 2 aromatic carbocycles. The molecule has 0 atom stereocenters. The van der Waals surface area contributed by atoms with E-state index in [1.165, 1.54) is 12.1 Å². The maximum Gasteiger partial charge on any atom is 0.124 e. The van der Waals surface area contributed by atoms with Crippen molar-refractivity contribution < 1.29 is 4.39 Å². The molecule has 0 spiro atoms. The van der Waals surface area contributed by atoms with Crippen molar-refractivity contribution in [2.24, 2.45) is 0 Å². The highest BCUT2D eigenvalue weighted by Gasteiger charge is 2.14. The number of benzene rings is 2. The van der Waals surface area contributed by atoms with Gasteiger partial charge in [0, 0.05) is 10.9 Å². The molecule has 3 aromatic rings. The van der Waals surface area contributed by atoms with Crippen LogP contribution in [0.3, 0.4) is 0 Å². The van der Waals surface area contributed by atoms with Gasteiger partial charge >= 0.3 is 0 Å². The fraction of sp³-hybridized carbons (Fsp3) is 0.118. The van der Waals surface area contributed by atoms with Crippen molar-refractivity contribution in [1.29, 1.82) is 0 Å². The van der Waals surface area contributed by atoms with E-state index in [0.29, 0.717) is 10.4 Å². The molecule has 1 aromatic heterocycles. The fourth-order valence-electron chi connectivity index (χ4n) is 2.40. The molecule has 0 radical (unpaired) electrons. The van der Waals surface area contributed by atoms with E-state index < -0.39 is 0 Å². The Morgan fingerprint density at radius 3 is 2.55 bits per heavy atom. The van der Waals surface area contributed by atoms with Gasteiger partial charge in [0.25, 0.3) is 0 Å². The lowest BCUT2D eigenvalue weighted by Crippen LogP contribution is -1.96. The normalized spacial score (nSPS) is 10.9. The highest BCUT2D eigenvalue weighted by atomic mass is 35.5. The molecule has 3 heteroatoms. The molecular formula is C17H13ClFN. The molecule has 0 aliphatic rings. The molecule has 0 aliphatic heterocycles. The summed E-state index contributed by atoms with van der Waals surface area (Å²) < 4.78 is 13.4. The predicted octanol–water partition coefficient (Wildman–Crippen LogP) is 5.26. The van der Waals surface area contributed by atoms with Gasteiger partial charge in [-0.25, -0.2) is 4.39 Å². The minimum absolute atomic E-state index is 0.301. The van der Waals surface area contributed by atoms with Crippen LogP contribution in [0.1, 0.15) is 12.6 Å². The van der Waals surface area contributed by atoms with Gasteiger partial charge in [0.1, 0.15) is 5.82 Å². The maximum absolute atomic E-state index is 13.4. The van der Waals surface area contributed by atoms with E-state index in [1.807, 2.05) is 37.3 Å². The highest BCUT2D eigenvalue weighted by Crippen LogP contribution is 2.36. The molecule has 1 nitrogen and oxygen atoms in total. The Kier molecular flexibility index (Phi) is 3.41. The highest BCUT2D eigenvalue weighted by molar-refractivity contribution is 6.38. The summed E-state index contributed by atoms with van der Waals surface area (Å²) in [4.78, 5) is 4.62. The molecule has 0 aliphatic carbocycles. The first-order valence-corrected chi connectivity index (χ1v) is 6.91. The number of aromatic nitrogens is 1. The molecule has 20 heavy (non-hydrogen) atoms. The lowest BCUT2D eigenvalue weighted by atomic mass is 10.00. The SMILES string of the molecule is CCc1nc2ccc(F)cc2c(Cl)c1-c1ccccc1. The van der Waals surface area contributed by atoms with Gasteiger partial charge in [0.05, 0.1) is 16.2 Å². The molecule has 3 rings (SSSR count). The molecule has 1 heterocycles. The van der Waals surface area contributed by atoms with E-state index in [0.717, 1.165) is 28.8 Å². The Morgan fingerprint density at radius 1 is 1.10 bits per heavy atom. The van der Waals surface area contributed by atoms with Crippen molar-refractivity contribution in [1.82, 2.24) is 4.98 Å². The van der Waals surface area contributed by atoms with Gasteiger partial charge in [-0.05, 0) is 30.2 Å². The van der Waals surface area contributed by atoms with E-state index in [9.17, 15) is 4.39 Å². The van der Waals surface area contributed by atoms with Crippen LogP contribution in [-0.2, 0) is 6.42 Å². The molecule has 0 saturated carbocycles. The first-order valence-electron chi connectivity index (χ1n) is 6.53. The van der Waals surface area contributed by atoms with Crippen LogP contribution in [0, 0.1) is 5.82 Å². The standard InChI is InChI=1S/C17H13ClFN/c1-2-14-16(11-6-4-3-5-7-11)17(18)13-10-12(19)8-9-15(13)20-14/h3-10H,2H2,1H3. The summed E-state index contributed by atoms with van der Waals surface area (Å²) in [6.07, 6.45) is 0.775. The first-order chi connectivity index (χ1) is 9.70. The average molecular weight is 286 g/mol. The average Bonchev–Trinajstić information content (AvgIpc) is 2.48. The number of pyridine rings is 1. The molecule has 0 saturated heterocycles. The lowest BCUT2D eigenvalue weighted by molar-refractivity contribution is 0.629. The summed E-state index contributed by atoms with van der Waals surface area (Å²) in [5, 5.41) is 1.22. The number of nitrogens with zero attached hydrogens (tertiary/aromatic N) is 1. The smallest absolute Gasteiger partial charge is 0.124 e. The van der Waals surface area contributed by atoms with E-state index in [-0.39, 0.29) is 5.82 Å². The van der Waals surface area contributed by atoms with Crippen LogP contribution in [0.4, 0.5) is 4.39 Å². The zero-order valence-electron chi connectivity index (χ0n) is 11.0. The van der Waals surface area contributed by atoms with Crippen LogP contribution < -0.4 is 0 Å². The Hall–Kier alpha value is -1.93. The van der Waals surface area contributed by atoms with Gasteiger partial charge in [-0.1, -0.05) is 48.9 Å². The second kappa shape index (κ2) is 5.22. The molecule has 0 N–H and O–H groups in total. The van der Waals surface area contributed by atoms with Gasteiger partial charge in [0.2, 0.25) is 0 Å². The van der Waals surface area contributed by atoms with Crippen molar-refractivity contribution in [3.8, 4) is 11.1 Å². The largest absolute Gasteiger partial charge is 0.252 e. The number of rotatable bonds is 2. The third kappa shape index (κ3) is 2.16. The zero-order valence-corrected chi connectivity index (χ0v) is 11.8. The van der Waals surface area contributed by atoms with E-state index in [1.54, 1.807) is 6.07 Å². The van der Waals surface area contributed by atoms with E-state index in [2.05, 4.69) is 4.98 Å². The van der Waals surface area contributed by atoms with Crippen molar-refractivity contribution >= 4 is 22.5 Å². The van der Waals surface area contributed by atoms with Crippen molar-refractivity contribution in [3.63, 3.8) is 0 Å². The Morgan fingerprint density at radius 2 is 1.85 bits per heavy atom. The van der Waals surface area contributed by atoms with Gasteiger partial charge in [0.15, 0.2) is 0 Å². The fourth-order valence-corrected chi connectivity index (χ4v) is 2.77. The van der Waals surface area contributed by atoms with Gasteiger partial charge in [-0.3, -0.25) is 4.98 Å². The van der Waals surface area contributed by atoms with Crippen molar-refractivity contribution in [3.05, 3.63) is 65.1 Å². The number of hydrogen-bond acceptors (Lipinski definition) is 1. The maximum atomic E-state index is 13.4. The summed E-state index contributed by atoms with van der Waals surface area (Å²) in [6.45, 7) is 2.04. The Bertz CT molecular complexity index is 769. The number of hydrogen-bond donors (Lipinski definition) is 0. The number of halogens is 2. The lowest BCUT2D eigenvalue weighted by Gasteiger charge is -2.12. The third-order valence-corrected chi connectivity index (χ3v) is 3.75. The topological polar surface area (TPSA) is 12.9 Å². The Balaban J connectivity index is 2.38. The third-order valence-electron chi connectivity index (χ3n) is 3.36. The number of fused-ring (bicyclic) bond motifs is 1. The van der Waals surface area contributed by atoms with Gasteiger partial charge < -0.3 is 0 Å². The second-order valence-electron chi connectivity index (χ2n) is 4.63. The van der Waals surface area contributed by atoms with Gasteiger partial charge in [-0.2, -0.15) is 0 Å².